The second-order valence-electron chi connectivity index (χ2n) is 5.47. The smallest absolute Gasteiger partial charge is 0.312 e. The van der Waals surface area contributed by atoms with E-state index in [1.54, 1.807) is 0 Å². The van der Waals surface area contributed by atoms with E-state index < -0.39 is 0 Å². The molecule has 1 N–H and O–H groups in total. The third-order valence-corrected chi connectivity index (χ3v) is 4.34. The molecule has 0 amide bonds. The maximum atomic E-state index is 12.3. The minimum absolute atomic E-state index is 0.0133. The molecule has 2 fully saturated rings. The summed E-state index contributed by atoms with van der Waals surface area (Å²) in [7, 11) is 0. The number of nitrogens with one attached hydrogen (secondary N) is 1. The van der Waals surface area contributed by atoms with Gasteiger partial charge in [0.15, 0.2) is 0 Å². The molecule has 0 aliphatic carbocycles. The quantitative estimate of drug-likeness (QED) is 0.779. The van der Waals surface area contributed by atoms with Crippen molar-refractivity contribution < 1.29 is 14.3 Å². The number of carbonyl (C=O) groups is 1. The van der Waals surface area contributed by atoms with Crippen LogP contribution in [0.3, 0.4) is 0 Å². The van der Waals surface area contributed by atoms with Crippen molar-refractivity contribution in [1.29, 1.82) is 0 Å². The van der Waals surface area contributed by atoms with Crippen LogP contribution in [-0.4, -0.2) is 38.4 Å². The van der Waals surface area contributed by atoms with E-state index in [9.17, 15) is 4.79 Å². The number of esters is 1. The molecule has 1 atom stereocenters. The highest BCUT2D eigenvalue weighted by Crippen LogP contribution is 2.34. The van der Waals surface area contributed by atoms with E-state index in [1.807, 2.05) is 0 Å². The molecule has 2 aliphatic heterocycles. The summed E-state index contributed by atoms with van der Waals surface area (Å²) in [5, 5.41) is 3.30. The molecular weight excluding hydrogens is 230 g/mol. The lowest BCUT2D eigenvalue weighted by Gasteiger charge is -2.35. The van der Waals surface area contributed by atoms with E-state index in [0.717, 1.165) is 51.8 Å². The van der Waals surface area contributed by atoms with E-state index in [0.29, 0.717) is 6.61 Å². The van der Waals surface area contributed by atoms with Gasteiger partial charge in [0.25, 0.3) is 0 Å². The molecule has 0 bridgehead atoms. The number of carbonyl (C=O) groups excluding carboxylic acids is 1. The Balaban J connectivity index is 1.81. The van der Waals surface area contributed by atoms with Gasteiger partial charge in [-0.2, -0.15) is 0 Å². The molecule has 2 rings (SSSR count). The first-order valence-electron chi connectivity index (χ1n) is 7.26. The SMILES string of the molecule is CCC1(C(=O)OCC2CCCCO2)CCNCC1. The van der Waals surface area contributed by atoms with Crippen molar-refractivity contribution in [3.63, 3.8) is 0 Å². The summed E-state index contributed by atoms with van der Waals surface area (Å²) in [5.74, 6) is -0.0133. The van der Waals surface area contributed by atoms with Crippen molar-refractivity contribution >= 4 is 5.97 Å². The molecule has 1 unspecified atom stereocenters. The van der Waals surface area contributed by atoms with Crippen molar-refractivity contribution in [3.8, 4) is 0 Å². The summed E-state index contributed by atoms with van der Waals surface area (Å²) in [6.45, 7) is 5.18. The third-order valence-electron chi connectivity index (χ3n) is 4.34. The Kier molecular flexibility index (Phi) is 5.01. The Bertz CT molecular complexity index is 268. The Morgan fingerprint density at radius 2 is 2.17 bits per heavy atom. The highest BCUT2D eigenvalue weighted by molar-refractivity contribution is 5.77. The maximum absolute atomic E-state index is 12.3. The first-order valence-corrected chi connectivity index (χ1v) is 7.26. The predicted molar refractivity (Wildman–Crippen MR) is 69.4 cm³/mol. The minimum atomic E-state index is -0.250. The van der Waals surface area contributed by atoms with Gasteiger partial charge in [0.2, 0.25) is 0 Å². The normalized spacial score (nSPS) is 27.7. The second kappa shape index (κ2) is 6.53. The fourth-order valence-electron chi connectivity index (χ4n) is 2.87. The van der Waals surface area contributed by atoms with Gasteiger partial charge >= 0.3 is 5.97 Å². The topological polar surface area (TPSA) is 47.6 Å². The molecule has 2 aliphatic rings. The summed E-state index contributed by atoms with van der Waals surface area (Å²) in [6, 6.07) is 0. The van der Waals surface area contributed by atoms with Crippen LogP contribution in [0.15, 0.2) is 0 Å². The number of hydrogen-bond acceptors (Lipinski definition) is 4. The van der Waals surface area contributed by atoms with Crippen LogP contribution in [0.1, 0.15) is 45.4 Å². The molecule has 2 heterocycles. The van der Waals surface area contributed by atoms with Gasteiger partial charge in [-0.25, -0.2) is 0 Å². The van der Waals surface area contributed by atoms with Crippen LogP contribution in [0.2, 0.25) is 0 Å². The molecule has 2 saturated heterocycles. The van der Waals surface area contributed by atoms with Crippen LogP contribution in [0.5, 0.6) is 0 Å². The second-order valence-corrected chi connectivity index (χ2v) is 5.47. The standard InChI is InChI=1S/C14H25NO3/c1-2-14(6-8-15-9-7-14)13(16)18-11-12-5-3-4-10-17-12/h12,15H,2-11H2,1H3. The molecular formula is C14H25NO3. The summed E-state index contributed by atoms with van der Waals surface area (Å²) >= 11 is 0. The van der Waals surface area contributed by atoms with Crippen LogP contribution in [0.25, 0.3) is 0 Å². The number of piperidine rings is 1. The maximum Gasteiger partial charge on any atom is 0.312 e. The Hall–Kier alpha value is -0.610. The van der Waals surface area contributed by atoms with Gasteiger partial charge in [-0.05, 0) is 51.6 Å². The van der Waals surface area contributed by atoms with E-state index in [1.165, 1.54) is 6.42 Å². The largest absolute Gasteiger partial charge is 0.463 e. The molecule has 18 heavy (non-hydrogen) atoms. The van der Waals surface area contributed by atoms with Crippen molar-refractivity contribution in [3.05, 3.63) is 0 Å². The number of hydrogen-bond donors (Lipinski definition) is 1. The first kappa shape index (κ1) is 13.8. The molecule has 0 spiro atoms. The zero-order valence-corrected chi connectivity index (χ0v) is 11.4. The van der Waals surface area contributed by atoms with Gasteiger partial charge in [0, 0.05) is 6.61 Å². The lowest BCUT2D eigenvalue weighted by atomic mass is 9.77. The van der Waals surface area contributed by atoms with E-state index >= 15 is 0 Å². The Morgan fingerprint density at radius 3 is 2.78 bits per heavy atom. The van der Waals surface area contributed by atoms with Crippen LogP contribution >= 0.6 is 0 Å². The zero-order valence-electron chi connectivity index (χ0n) is 11.4. The molecule has 0 aromatic heterocycles. The number of rotatable bonds is 4. The molecule has 0 radical (unpaired) electrons. The number of ether oxygens (including phenoxy) is 2. The average molecular weight is 255 g/mol. The molecule has 0 saturated carbocycles. The fraction of sp³-hybridized carbons (Fsp3) is 0.929. The van der Waals surface area contributed by atoms with Gasteiger partial charge in [-0.1, -0.05) is 6.92 Å². The zero-order chi connectivity index (χ0) is 12.8. The van der Waals surface area contributed by atoms with Crippen molar-refractivity contribution in [2.75, 3.05) is 26.3 Å². The van der Waals surface area contributed by atoms with Crippen LogP contribution in [0.4, 0.5) is 0 Å². The van der Waals surface area contributed by atoms with E-state index in [-0.39, 0.29) is 17.5 Å². The van der Waals surface area contributed by atoms with Crippen molar-refractivity contribution in [2.45, 2.75) is 51.6 Å². The average Bonchev–Trinajstić information content (AvgIpc) is 2.46. The van der Waals surface area contributed by atoms with Crippen molar-refractivity contribution in [1.82, 2.24) is 5.32 Å². The molecule has 0 aromatic rings. The van der Waals surface area contributed by atoms with Gasteiger partial charge in [-0.3, -0.25) is 4.79 Å². The van der Waals surface area contributed by atoms with Crippen LogP contribution in [-0.2, 0) is 14.3 Å². The highest BCUT2D eigenvalue weighted by Gasteiger charge is 2.39. The monoisotopic (exact) mass is 255 g/mol. The summed E-state index contributed by atoms with van der Waals surface area (Å²) < 4.78 is 11.1. The molecule has 104 valence electrons. The van der Waals surface area contributed by atoms with Crippen molar-refractivity contribution in [2.24, 2.45) is 5.41 Å². The van der Waals surface area contributed by atoms with Gasteiger partial charge in [0.05, 0.1) is 11.5 Å². The van der Waals surface area contributed by atoms with E-state index in [2.05, 4.69) is 12.2 Å². The molecule has 4 nitrogen and oxygen atoms in total. The summed E-state index contributed by atoms with van der Waals surface area (Å²) in [5.41, 5.74) is -0.250. The van der Waals surface area contributed by atoms with Crippen LogP contribution in [0, 0.1) is 5.41 Å². The highest BCUT2D eigenvalue weighted by atomic mass is 16.6. The first-order chi connectivity index (χ1) is 8.77. The Labute approximate surface area is 109 Å². The van der Waals surface area contributed by atoms with Gasteiger partial charge < -0.3 is 14.8 Å². The predicted octanol–water partition coefficient (Wildman–Crippen LogP) is 1.88. The summed E-state index contributed by atoms with van der Waals surface area (Å²) in [6.07, 6.45) is 6.13. The molecule has 0 aromatic carbocycles. The van der Waals surface area contributed by atoms with Gasteiger partial charge in [-0.15, -0.1) is 0 Å². The summed E-state index contributed by atoms with van der Waals surface area (Å²) in [4.78, 5) is 12.3. The van der Waals surface area contributed by atoms with E-state index in [4.69, 9.17) is 9.47 Å². The van der Waals surface area contributed by atoms with Crippen LogP contribution < -0.4 is 5.32 Å². The third kappa shape index (κ3) is 3.23. The lowest BCUT2D eigenvalue weighted by Crippen LogP contribution is -2.43. The molecule has 4 heteroatoms. The fourth-order valence-corrected chi connectivity index (χ4v) is 2.87. The lowest BCUT2D eigenvalue weighted by molar-refractivity contribution is -0.163. The Morgan fingerprint density at radius 1 is 1.39 bits per heavy atom. The van der Waals surface area contributed by atoms with Gasteiger partial charge in [0.1, 0.15) is 6.61 Å². The minimum Gasteiger partial charge on any atom is -0.463 e.